The normalized spacial score (nSPS) is 14.4. The minimum absolute atomic E-state index is 0.0117. The number of aromatic nitrogens is 1. The highest BCUT2D eigenvalue weighted by Gasteiger charge is 2.45. The number of thiazole rings is 1. The van der Waals surface area contributed by atoms with Crippen LogP contribution in [-0.4, -0.2) is 23.5 Å². The molecule has 10 heteroatoms. The number of amides is 1. The Morgan fingerprint density at radius 2 is 1.82 bits per heavy atom. The third-order valence-corrected chi connectivity index (χ3v) is 7.57. The van der Waals surface area contributed by atoms with Gasteiger partial charge in [-0.15, -0.1) is 0 Å². The molecule has 3 aromatic carbocycles. The first-order valence-corrected chi connectivity index (χ1v) is 13.2. The number of esters is 1. The van der Waals surface area contributed by atoms with E-state index in [1.807, 2.05) is 18.2 Å². The van der Waals surface area contributed by atoms with E-state index in [0.717, 1.165) is 23.5 Å². The Balaban J connectivity index is 1.54. The van der Waals surface area contributed by atoms with Crippen LogP contribution in [0.3, 0.4) is 0 Å². The quantitative estimate of drug-likeness (QED) is 0.223. The lowest BCUT2D eigenvalue weighted by molar-refractivity contribution is 0.0531. The van der Waals surface area contributed by atoms with Crippen LogP contribution in [0.4, 0.5) is 9.52 Å². The number of halogens is 1. The van der Waals surface area contributed by atoms with E-state index in [1.165, 1.54) is 11.0 Å². The van der Waals surface area contributed by atoms with Crippen LogP contribution >= 0.6 is 11.3 Å². The Morgan fingerprint density at radius 1 is 1.05 bits per heavy atom. The second kappa shape index (κ2) is 10.0. The summed E-state index contributed by atoms with van der Waals surface area (Å²) in [5, 5.41) is 0.198. The third kappa shape index (κ3) is 4.32. The fourth-order valence-electron chi connectivity index (χ4n) is 4.70. The first-order chi connectivity index (χ1) is 19.4. The fraction of sp³-hybridized carbons (Fsp3) is 0.133. The Morgan fingerprint density at radius 3 is 2.60 bits per heavy atom. The Bertz CT molecular complexity index is 1850. The average Bonchev–Trinajstić information content (AvgIpc) is 3.47. The molecule has 0 N–H and O–H groups in total. The van der Waals surface area contributed by atoms with Crippen LogP contribution in [0.1, 0.15) is 50.0 Å². The summed E-state index contributed by atoms with van der Waals surface area (Å²) in [4.78, 5) is 46.3. The van der Waals surface area contributed by atoms with Gasteiger partial charge in [-0.2, -0.15) is 0 Å². The topological polar surface area (TPSA) is 98.9 Å². The summed E-state index contributed by atoms with van der Waals surface area (Å²) in [6.07, 6.45) is 0. The number of aryl methyl sites for hydroxylation is 1. The van der Waals surface area contributed by atoms with Crippen LogP contribution < -0.4 is 15.1 Å². The predicted octanol–water partition coefficient (Wildman–Crippen LogP) is 6.42. The van der Waals surface area contributed by atoms with Gasteiger partial charge in [-0.1, -0.05) is 41.7 Å². The van der Waals surface area contributed by atoms with Gasteiger partial charge in [0.05, 0.1) is 29.3 Å². The van der Waals surface area contributed by atoms with Gasteiger partial charge in [0, 0.05) is 0 Å². The minimum Gasteiger partial charge on any atom is -0.462 e. The van der Waals surface area contributed by atoms with Gasteiger partial charge in [0.1, 0.15) is 27.8 Å². The number of benzene rings is 3. The van der Waals surface area contributed by atoms with Crippen molar-refractivity contribution in [2.24, 2.45) is 0 Å². The van der Waals surface area contributed by atoms with E-state index in [9.17, 15) is 18.8 Å². The average molecular weight is 557 g/mol. The molecule has 1 unspecified atom stereocenters. The Labute approximate surface area is 231 Å². The van der Waals surface area contributed by atoms with Gasteiger partial charge in [-0.3, -0.25) is 14.5 Å². The standard InChI is InChI=1S/C30H21FN2O6S/c1-3-37-29(36)27-16(2)32-30(40-27)33-24(17-8-7-11-20(14-17)38-19-9-5-4-6-10-19)23-25(34)21-15-18(31)12-13-22(21)39-26(23)28(33)35/h4-15,24H,3H2,1-2H3. The first-order valence-electron chi connectivity index (χ1n) is 12.4. The number of para-hydroxylation sites is 1. The summed E-state index contributed by atoms with van der Waals surface area (Å²) in [6, 6.07) is 18.7. The number of nitrogens with zero attached hydrogens (tertiary/aromatic N) is 2. The molecular weight excluding hydrogens is 535 g/mol. The smallest absolute Gasteiger partial charge is 0.350 e. The van der Waals surface area contributed by atoms with E-state index in [0.29, 0.717) is 22.8 Å². The zero-order valence-corrected chi connectivity index (χ0v) is 22.2. The largest absolute Gasteiger partial charge is 0.462 e. The van der Waals surface area contributed by atoms with Crippen LogP contribution in [0.2, 0.25) is 0 Å². The number of anilines is 1. The van der Waals surface area contributed by atoms with E-state index >= 15 is 0 Å². The fourth-order valence-corrected chi connectivity index (χ4v) is 5.69. The lowest BCUT2D eigenvalue weighted by Gasteiger charge is -2.23. The molecule has 0 radical (unpaired) electrons. The summed E-state index contributed by atoms with van der Waals surface area (Å²) in [5.74, 6) is -0.863. The summed E-state index contributed by atoms with van der Waals surface area (Å²) in [7, 11) is 0. The Hall–Kier alpha value is -4.83. The lowest BCUT2D eigenvalue weighted by atomic mass is 9.98. The van der Waals surface area contributed by atoms with E-state index in [-0.39, 0.29) is 38.9 Å². The molecule has 1 aliphatic heterocycles. The summed E-state index contributed by atoms with van der Waals surface area (Å²) >= 11 is 0.981. The molecule has 0 saturated heterocycles. The lowest BCUT2D eigenvalue weighted by Crippen LogP contribution is -2.29. The van der Waals surface area contributed by atoms with Crippen LogP contribution in [0, 0.1) is 12.7 Å². The molecule has 1 atom stereocenters. The molecule has 5 aromatic rings. The van der Waals surface area contributed by atoms with E-state index < -0.39 is 29.2 Å². The second-order valence-corrected chi connectivity index (χ2v) is 9.99. The molecule has 0 bridgehead atoms. The monoisotopic (exact) mass is 556 g/mol. The summed E-state index contributed by atoms with van der Waals surface area (Å²) in [5.41, 5.74) is 0.515. The van der Waals surface area contributed by atoms with Crippen molar-refractivity contribution in [1.82, 2.24) is 4.98 Å². The van der Waals surface area contributed by atoms with Crippen molar-refractivity contribution in [3.63, 3.8) is 0 Å². The number of fused-ring (bicyclic) bond motifs is 2. The van der Waals surface area contributed by atoms with Crippen molar-refractivity contribution in [1.29, 1.82) is 0 Å². The number of carbonyl (C=O) groups excluding carboxylic acids is 2. The summed E-state index contributed by atoms with van der Waals surface area (Å²) in [6.45, 7) is 3.52. The molecular formula is C30H21FN2O6S. The van der Waals surface area contributed by atoms with Crippen molar-refractivity contribution in [2.75, 3.05) is 11.5 Å². The first kappa shape index (κ1) is 25.4. The number of rotatable bonds is 6. The molecule has 0 fully saturated rings. The molecule has 200 valence electrons. The second-order valence-electron chi connectivity index (χ2n) is 9.01. The SMILES string of the molecule is CCOC(=O)c1sc(N2C(=O)c3oc4ccc(F)cc4c(=O)c3C2c2cccc(Oc3ccccc3)c2)nc1C. The summed E-state index contributed by atoms with van der Waals surface area (Å²) < 4.78 is 31.2. The van der Waals surface area contributed by atoms with Gasteiger partial charge in [0.2, 0.25) is 5.76 Å². The molecule has 1 aliphatic rings. The van der Waals surface area contributed by atoms with Crippen molar-refractivity contribution in [2.45, 2.75) is 19.9 Å². The highest BCUT2D eigenvalue weighted by molar-refractivity contribution is 7.17. The molecule has 2 aromatic heterocycles. The maximum Gasteiger partial charge on any atom is 0.350 e. The maximum atomic E-state index is 14.1. The van der Waals surface area contributed by atoms with Gasteiger partial charge in [-0.25, -0.2) is 14.2 Å². The van der Waals surface area contributed by atoms with Crippen LogP contribution in [0.25, 0.3) is 11.0 Å². The van der Waals surface area contributed by atoms with E-state index in [1.54, 1.807) is 50.2 Å². The van der Waals surface area contributed by atoms with Crippen LogP contribution in [0.5, 0.6) is 11.5 Å². The van der Waals surface area contributed by atoms with E-state index in [2.05, 4.69) is 4.98 Å². The minimum atomic E-state index is -0.980. The molecule has 8 nitrogen and oxygen atoms in total. The van der Waals surface area contributed by atoms with Crippen molar-refractivity contribution in [3.8, 4) is 11.5 Å². The van der Waals surface area contributed by atoms with Gasteiger partial charge >= 0.3 is 5.97 Å². The Kier molecular flexibility index (Phi) is 6.39. The predicted molar refractivity (Wildman–Crippen MR) is 147 cm³/mol. The highest BCUT2D eigenvalue weighted by atomic mass is 32.1. The van der Waals surface area contributed by atoms with Crippen molar-refractivity contribution >= 4 is 39.3 Å². The van der Waals surface area contributed by atoms with Gasteiger partial charge in [-0.05, 0) is 61.9 Å². The molecule has 6 rings (SSSR count). The maximum absolute atomic E-state index is 14.1. The number of carbonyl (C=O) groups is 2. The molecule has 0 aliphatic carbocycles. The zero-order valence-electron chi connectivity index (χ0n) is 21.3. The zero-order chi connectivity index (χ0) is 28.0. The number of hydrogen-bond acceptors (Lipinski definition) is 8. The third-order valence-electron chi connectivity index (χ3n) is 6.44. The molecule has 1 amide bonds. The molecule has 0 spiro atoms. The highest BCUT2D eigenvalue weighted by Crippen LogP contribution is 2.44. The number of hydrogen-bond donors (Lipinski definition) is 0. The van der Waals surface area contributed by atoms with Gasteiger partial charge in [0.15, 0.2) is 10.6 Å². The molecule has 40 heavy (non-hydrogen) atoms. The van der Waals surface area contributed by atoms with Gasteiger partial charge < -0.3 is 13.9 Å². The van der Waals surface area contributed by atoms with Crippen LogP contribution in [-0.2, 0) is 4.74 Å². The van der Waals surface area contributed by atoms with Gasteiger partial charge in [0.25, 0.3) is 5.91 Å². The number of ether oxygens (including phenoxy) is 2. The van der Waals surface area contributed by atoms with Crippen molar-refractivity contribution < 1.29 is 27.9 Å². The molecule has 3 heterocycles. The van der Waals surface area contributed by atoms with Crippen molar-refractivity contribution in [3.05, 3.63) is 116 Å². The van der Waals surface area contributed by atoms with E-state index in [4.69, 9.17) is 13.9 Å². The van der Waals surface area contributed by atoms with Crippen LogP contribution in [0.15, 0.2) is 82.0 Å². The molecule has 0 saturated carbocycles.